The van der Waals surface area contributed by atoms with Gasteiger partial charge in [-0.2, -0.15) is 0 Å². The fourth-order valence-electron chi connectivity index (χ4n) is 0.347. The van der Waals surface area contributed by atoms with Crippen LogP contribution < -0.4 is 68.9 Å². The van der Waals surface area contributed by atoms with E-state index in [1.54, 1.807) is 12.3 Å². The summed E-state index contributed by atoms with van der Waals surface area (Å²) < 4.78 is 0. The van der Waals surface area contributed by atoms with E-state index in [1.807, 2.05) is 12.1 Å². The molecule has 1 rings (SSSR count). The van der Waals surface area contributed by atoms with Crippen LogP contribution in [0.1, 0.15) is 0 Å². The largest absolute Gasteiger partial charge is 1.00 e. The van der Waals surface area contributed by atoms with Gasteiger partial charge in [-0.25, -0.2) is 0 Å². The average molecular weight is 243 g/mol. The van der Waals surface area contributed by atoms with Crippen LogP contribution in [0.3, 0.4) is 0 Å². The molecule has 0 aliphatic rings. The van der Waals surface area contributed by atoms with Crippen LogP contribution >= 0.6 is 0 Å². The maximum absolute atomic E-state index is 4.70. The van der Waals surface area contributed by atoms with E-state index in [1.165, 1.54) is 0 Å². The second-order valence-electron chi connectivity index (χ2n) is 1.17. The molecule has 36 valence electrons. The van der Waals surface area contributed by atoms with Crippen LogP contribution in [0, 0.1) is 0 Å². The molecule has 0 radical (unpaired) electrons. The summed E-state index contributed by atoms with van der Waals surface area (Å²) in [6.07, 6.45) is 1.68. The first-order valence-electron chi connectivity index (χ1n) is 1.97. The predicted molar refractivity (Wildman–Crippen MR) is 29.9 cm³/mol. The Bertz CT molecular complexity index is 142. The Morgan fingerprint density at radius 1 is 1.38 bits per heavy atom. The van der Waals surface area contributed by atoms with Crippen molar-refractivity contribution in [3.05, 3.63) is 24.4 Å². The van der Waals surface area contributed by atoms with Crippen molar-refractivity contribution in [2.24, 2.45) is 0 Å². The van der Waals surface area contributed by atoms with Crippen molar-refractivity contribution >= 4 is 12.6 Å². The monoisotopic (exact) mass is 243 g/mol. The van der Waals surface area contributed by atoms with Crippen LogP contribution in [-0.2, 0) is 12.6 Å². The molecule has 0 fully saturated rings. The molecule has 1 nitrogen and oxygen atoms in total. The van der Waals surface area contributed by atoms with Crippen LogP contribution in [-0.4, -0.2) is 4.98 Å². The molecular weight excluding hydrogens is 239 g/mol. The molecule has 0 atom stereocenters. The SMILES string of the molecule is [Cs+].[S-]c1ccccn1. The minimum atomic E-state index is 0. The Morgan fingerprint density at radius 2 is 2.12 bits per heavy atom. The minimum Gasteiger partial charge on any atom is -0.760 e. The molecule has 0 amide bonds. The Morgan fingerprint density at radius 3 is 2.38 bits per heavy atom. The van der Waals surface area contributed by atoms with Gasteiger partial charge in [0.15, 0.2) is 0 Å². The Balaban J connectivity index is 0.000000490. The number of rotatable bonds is 0. The van der Waals surface area contributed by atoms with Crippen molar-refractivity contribution in [2.45, 2.75) is 5.03 Å². The van der Waals surface area contributed by atoms with E-state index in [0.717, 1.165) is 0 Å². The third-order valence-corrected chi connectivity index (χ3v) is 0.879. The van der Waals surface area contributed by atoms with E-state index >= 15 is 0 Å². The van der Waals surface area contributed by atoms with Gasteiger partial charge in [0, 0.05) is 6.20 Å². The zero-order valence-corrected chi connectivity index (χ0v) is 11.8. The Labute approximate surface area is 113 Å². The summed E-state index contributed by atoms with van der Waals surface area (Å²) in [5.41, 5.74) is 0. The number of pyridine rings is 1. The molecule has 1 aromatic heterocycles. The molecule has 0 unspecified atom stereocenters. The van der Waals surface area contributed by atoms with Crippen LogP contribution in [0.2, 0.25) is 0 Å². The van der Waals surface area contributed by atoms with Gasteiger partial charge in [0.1, 0.15) is 0 Å². The Kier molecular flexibility index (Phi) is 6.15. The molecule has 0 N–H and O–H groups in total. The zero-order valence-electron chi connectivity index (χ0n) is 4.66. The molecule has 0 aliphatic heterocycles. The average Bonchev–Trinajstić information content (AvgIpc) is 1.69. The van der Waals surface area contributed by atoms with Gasteiger partial charge in [0.25, 0.3) is 0 Å². The third-order valence-electron chi connectivity index (χ3n) is 0.638. The number of aromatic nitrogens is 1. The quantitative estimate of drug-likeness (QED) is 0.488. The molecule has 8 heavy (non-hydrogen) atoms. The van der Waals surface area contributed by atoms with E-state index in [0.29, 0.717) is 5.03 Å². The number of hydrogen-bond donors (Lipinski definition) is 0. The van der Waals surface area contributed by atoms with E-state index in [9.17, 15) is 0 Å². The van der Waals surface area contributed by atoms with Crippen LogP contribution in [0.5, 0.6) is 0 Å². The third kappa shape index (κ3) is 3.45. The van der Waals surface area contributed by atoms with E-state index in [-0.39, 0.29) is 68.9 Å². The van der Waals surface area contributed by atoms with Gasteiger partial charge in [-0.3, -0.25) is 4.98 Å². The normalized spacial score (nSPS) is 7.50. The topological polar surface area (TPSA) is 12.9 Å². The van der Waals surface area contributed by atoms with Gasteiger partial charge in [-0.05, 0) is 6.07 Å². The van der Waals surface area contributed by atoms with Crippen molar-refractivity contribution in [1.82, 2.24) is 4.98 Å². The standard InChI is InChI=1S/C5H5NS.Cs/c7-5-3-1-2-4-6-5;/h1-4H,(H,6,7);/q;+1/p-1. The van der Waals surface area contributed by atoms with Crippen molar-refractivity contribution < 1.29 is 68.9 Å². The first-order valence-corrected chi connectivity index (χ1v) is 2.38. The van der Waals surface area contributed by atoms with E-state index < -0.39 is 0 Å². The van der Waals surface area contributed by atoms with Gasteiger partial charge in [0.2, 0.25) is 0 Å². The zero-order chi connectivity index (χ0) is 5.11. The summed E-state index contributed by atoms with van der Waals surface area (Å²) in [6.45, 7) is 0. The number of nitrogens with zero attached hydrogens (tertiary/aromatic N) is 1. The molecule has 1 aromatic rings. The van der Waals surface area contributed by atoms with Crippen molar-refractivity contribution in [3.63, 3.8) is 0 Å². The van der Waals surface area contributed by atoms with Crippen LogP contribution in [0.25, 0.3) is 0 Å². The number of hydrogen-bond acceptors (Lipinski definition) is 2. The van der Waals surface area contributed by atoms with Crippen molar-refractivity contribution in [1.29, 1.82) is 0 Å². The molecule has 0 aliphatic carbocycles. The van der Waals surface area contributed by atoms with Gasteiger partial charge < -0.3 is 12.6 Å². The van der Waals surface area contributed by atoms with Crippen LogP contribution in [0.4, 0.5) is 0 Å². The van der Waals surface area contributed by atoms with Gasteiger partial charge >= 0.3 is 68.9 Å². The fraction of sp³-hybridized carbons (Fsp3) is 0. The second kappa shape index (κ2) is 5.23. The maximum atomic E-state index is 4.70. The van der Waals surface area contributed by atoms with Crippen LogP contribution in [0.15, 0.2) is 29.4 Å². The summed E-state index contributed by atoms with van der Waals surface area (Å²) in [6, 6.07) is 5.50. The molecule has 0 bridgehead atoms. The minimum absolute atomic E-state index is 0. The smallest absolute Gasteiger partial charge is 0.760 e. The molecule has 3 heteroatoms. The molecule has 0 saturated carbocycles. The second-order valence-corrected chi connectivity index (χ2v) is 1.59. The first-order chi connectivity index (χ1) is 3.39. The van der Waals surface area contributed by atoms with Gasteiger partial charge in [-0.1, -0.05) is 17.2 Å². The Hall–Kier alpha value is 1.42. The summed E-state index contributed by atoms with van der Waals surface area (Å²) in [7, 11) is 0. The van der Waals surface area contributed by atoms with Gasteiger partial charge in [0.05, 0.1) is 0 Å². The summed E-state index contributed by atoms with van der Waals surface area (Å²) in [4.78, 5) is 3.79. The summed E-state index contributed by atoms with van der Waals surface area (Å²) >= 11 is 4.70. The van der Waals surface area contributed by atoms with E-state index in [4.69, 9.17) is 12.6 Å². The van der Waals surface area contributed by atoms with Crippen molar-refractivity contribution in [2.75, 3.05) is 0 Å². The molecule has 0 spiro atoms. The summed E-state index contributed by atoms with van der Waals surface area (Å²) in [5.74, 6) is 0. The fourth-order valence-corrected chi connectivity index (χ4v) is 0.487. The first kappa shape index (κ1) is 9.42. The molecular formula is C5H4CsNS. The predicted octanol–water partition coefficient (Wildman–Crippen LogP) is -2.01. The summed E-state index contributed by atoms with van der Waals surface area (Å²) in [5, 5.41) is 0.655. The maximum Gasteiger partial charge on any atom is 1.00 e. The van der Waals surface area contributed by atoms with Crippen molar-refractivity contribution in [3.8, 4) is 0 Å². The van der Waals surface area contributed by atoms with Gasteiger partial charge in [-0.15, -0.1) is 0 Å². The molecule has 1 heterocycles. The molecule has 0 aromatic carbocycles. The van der Waals surface area contributed by atoms with E-state index in [2.05, 4.69) is 4.98 Å². The molecule has 0 saturated heterocycles.